The van der Waals surface area contributed by atoms with Crippen molar-refractivity contribution in [1.29, 1.82) is 0 Å². The molecule has 1 aliphatic carbocycles. The lowest BCUT2D eigenvalue weighted by Gasteiger charge is -2.20. The summed E-state index contributed by atoms with van der Waals surface area (Å²) < 4.78 is 47.1. The molecule has 0 saturated heterocycles. The van der Waals surface area contributed by atoms with E-state index in [2.05, 4.69) is 10.3 Å². The zero-order valence-electron chi connectivity index (χ0n) is 17.1. The second-order valence-electron chi connectivity index (χ2n) is 7.64. The molecule has 0 aliphatic heterocycles. The molecule has 0 spiro atoms. The van der Waals surface area contributed by atoms with Gasteiger partial charge >= 0.3 is 6.18 Å². The topological polar surface area (TPSA) is 56.1 Å². The van der Waals surface area contributed by atoms with Gasteiger partial charge in [0.25, 0.3) is 0 Å². The number of carbonyl (C=O) groups excluding carboxylic acids is 1. The van der Waals surface area contributed by atoms with Crippen molar-refractivity contribution in [2.75, 3.05) is 7.11 Å². The normalized spacial score (nSPS) is 19.0. The summed E-state index contributed by atoms with van der Waals surface area (Å²) in [5.41, 5.74) is 0.301. The highest BCUT2D eigenvalue weighted by molar-refractivity contribution is 5.83. The smallest absolute Gasteiger partial charge is 0.416 e. The van der Waals surface area contributed by atoms with Gasteiger partial charge in [-0.05, 0) is 41.7 Å². The minimum Gasteiger partial charge on any atom is -0.497 e. The van der Waals surface area contributed by atoms with Gasteiger partial charge in [-0.1, -0.05) is 30.3 Å². The van der Waals surface area contributed by atoms with Gasteiger partial charge in [-0.25, -0.2) is 4.98 Å². The number of nitrogens with zero attached hydrogens (tertiary/aromatic N) is 2. The third-order valence-electron chi connectivity index (χ3n) is 5.65. The maximum absolute atomic E-state index is 13.4. The standard InChI is InChI=1S/C23H22F3N3O2/c1-29-12-11-27-21(29)20(14-7-9-15(31-2)10-8-14)28-22(30)18-13-17(18)16-5-3-4-6-19(16)23(24,25)26/h3-12,17-18,20H,13H2,1-2H3,(H,28,30). The molecular weight excluding hydrogens is 407 g/mol. The van der Waals surface area contributed by atoms with Crippen molar-refractivity contribution >= 4 is 5.91 Å². The van der Waals surface area contributed by atoms with Gasteiger partial charge in [-0.15, -0.1) is 0 Å². The maximum Gasteiger partial charge on any atom is 0.416 e. The summed E-state index contributed by atoms with van der Waals surface area (Å²) in [5.74, 6) is 0.0668. The largest absolute Gasteiger partial charge is 0.497 e. The number of imidazole rings is 1. The summed E-state index contributed by atoms with van der Waals surface area (Å²) in [6.45, 7) is 0. The molecule has 5 nitrogen and oxygen atoms in total. The van der Waals surface area contributed by atoms with Crippen LogP contribution in [-0.4, -0.2) is 22.6 Å². The minimum absolute atomic E-state index is 0.174. The Bertz CT molecular complexity index is 1080. The van der Waals surface area contributed by atoms with E-state index in [9.17, 15) is 18.0 Å². The van der Waals surface area contributed by atoms with Crippen LogP contribution in [0.5, 0.6) is 5.75 Å². The zero-order chi connectivity index (χ0) is 22.2. The molecule has 3 unspecified atom stereocenters. The predicted molar refractivity (Wildman–Crippen MR) is 108 cm³/mol. The van der Waals surface area contributed by atoms with E-state index in [1.807, 2.05) is 19.2 Å². The molecule has 3 aromatic rings. The number of benzene rings is 2. The van der Waals surface area contributed by atoms with Crippen LogP contribution in [-0.2, 0) is 18.0 Å². The number of hydrogen-bond donors (Lipinski definition) is 1. The first-order valence-corrected chi connectivity index (χ1v) is 9.87. The van der Waals surface area contributed by atoms with E-state index < -0.39 is 29.6 Å². The summed E-state index contributed by atoms with van der Waals surface area (Å²) in [6, 6.07) is 12.2. The van der Waals surface area contributed by atoms with Crippen molar-refractivity contribution in [3.05, 3.63) is 83.4 Å². The molecule has 1 heterocycles. The quantitative estimate of drug-likeness (QED) is 0.630. The fourth-order valence-corrected chi connectivity index (χ4v) is 3.90. The average molecular weight is 429 g/mol. The molecule has 1 amide bonds. The molecule has 1 N–H and O–H groups in total. The van der Waals surface area contributed by atoms with Crippen LogP contribution in [0.2, 0.25) is 0 Å². The fraction of sp³-hybridized carbons (Fsp3) is 0.304. The van der Waals surface area contributed by atoms with Gasteiger partial charge in [0, 0.05) is 25.4 Å². The molecule has 0 radical (unpaired) electrons. The van der Waals surface area contributed by atoms with Gasteiger partial charge in [0.05, 0.1) is 12.7 Å². The Morgan fingerprint density at radius 1 is 1.19 bits per heavy atom. The van der Waals surface area contributed by atoms with Gasteiger partial charge in [0.15, 0.2) is 0 Å². The number of rotatable bonds is 6. The number of hydrogen-bond acceptors (Lipinski definition) is 3. The van der Waals surface area contributed by atoms with Crippen molar-refractivity contribution in [1.82, 2.24) is 14.9 Å². The Labute approximate surface area is 177 Å². The molecule has 1 aliphatic rings. The number of carbonyl (C=O) groups is 1. The Balaban J connectivity index is 1.56. The molecule has 3 atom stereocenters. The Hall–Kier alpha value is -3.29. The molecule has 2 aromatic carbocycles. The molecule has 8 heteroatoms. The molecule has 1 aromatic heterocycles. The van der Waals surface area contributed by atoms with Crippen molar-refractivity contribution in [2.45, 2.75) is 24.6 Å². The predicted octanol–water partition coefficient (Wildman–Crippen LogP) is 4.46. The summed E-state index contributed by atoms with van der Waals surface area (Å²) in [5, 5.41) is 2.99. The van der Waals surface area contributed by atoms with E-state index in [1.165, 1.54) is 12.1 Å². The number of ether oxygens (including phenoxy) is 1. The van der Waals surface area contributed by atoms with E-state index >= 15 is 0 Å². The minimum atomic E-state index is -4.45. The average Bonchev–Trinajstić information content (AvgIpc) is 3.45. The summed E-state index contributed by atoms with van der Waals surface area (Å²) in [4.78, 5) is 17.4. The van der Waals surface area contributed by atoms with Crippen LogP contribution in [0, 0.1) is 5.92 Å². The molecule has 1 fully saturated rings. The van der Waals surface area contributed by atoms with Crippen molar-refractivity contribution in [3.8, 4) is 5.75 Å². The molecule has 0 bridgehead atoms. The monoisotopic (exact) mass is 429 g/mol. The number of aromatic nitrogens is 2. The highest BCUT2D eigenvalue weighted by atomic mass is 19.4. The number of nitrogens with one attached hydrogen (secondary N) is 1. The Morgan fingerprint density at radius 3 is 2.52 bits per heavy atom. The first kappa shape index (κ1) is 21.0. The van der Waals surface area contributed by atoms with Gasteiger partial charge in [-0.2, -0.15) is 13.2 Å². The lowest BCUT2D eigenvalue weighted by atomic mass is 10.0. The molecule has 31 heavy (non-hydrogen) atoms. The SMILES string of the molecule is COc1ccc(C(NC(=O)C2CC2c2ccccc2C(F)(F)F)c2nccn2C)cc1. The highest BCUT2D eigenvalue weighted by Crippen LogP contribution is 2.51. The first-order valence-electron chi connectivity index (χ1n) is 9.87. The molecule has 162 valence electrons. The van der Waals surface area contributed by atoms with Crippen LogP contribution in [0.1, 0.15) is 40.9 Å². The molecule has 4 rings (SSSR count). The van der Waals surface area contributed by atoms with Crippen molar-refractivity contribution < 1.29 is 22.7 Å². The second kappa shape index (κ2) is 8.09. The maximum atomic E-state index is 13.4. The van der Waals surface area contributed by atoms with Crippen molar-refractivity contribution in [2.24, 2.45) is 13.0 Å². The summed E-state index contributed by atoms with van der Waals surface area (Å²) in [7, 11) is 3.39. The second-order valence-corrected chi connectivity index (χ2v) is 7.64. The summed E-state index contributed by atoms with van der Waals surface area (Å²) in [6.07, 6.45) is -0.650. The van der Waals surface area contributed by atoms with Gasteiger partial charge < -0.3 is 14.6 Å². The van der Waals surface area contributed by atoms with E-state index in [-0.39, 0.29) is 11.5 Å². The van der Waals surface area contributed by atoms with E-state index in [0.29, 0.717) is 18.0 Å². The number of amides is 1. The Morgan fingerprint density at radius 2 is 1.90 bits per heavy atom. The lowest BCUT2D eigenvalue weighted by molar-refractivity contribution is -0.138. The first-order chi connectivity index (χ1) is 14.8. The fourth-order valence-electron chi connectivity index (χ4n) is 3.90. The van der Waals surface area contributed by atoms with Crippen LogP contribution in [0.4, 0.5) is 13.2 Å². The van der Waals surface area contributed by atoms with Crippen LogP contribution in [0.3, 0.4) is 0 Å². The Kier molecular flexibility index (Phi) is 5.47. The molecule has 1 saturated carbocycles. The van der Waals surface area contributed by atoms with Crippen molar-refractivity contribution in [3.63, 3.8) is 0 Å². The van der Waals surface area contributed by atoms with Crippen LogP contribution >= 0.6 is 0 Å². The number of alkyl halides is 3. The number of aryl methyl sites for hydroxylation is 1. The van der Waals surface area contributed by atoms with Gasteiger partial charge in [0.2, 0.25) is 5.91 Å². The number of methoxy groups -OCH3 is 1. The summed E-state index contributed by atoms with van der Waals surface area (Å²) >= 11 is 0. The third kappa shape index (κ3) is 4.28. The van der Waals surface area contributed by atoms with Crippen LogP contribution < -0.4 is 10.1 Å². The third-order valence-corrected chi connectivity index (χ3v) is 5.65. The van der Waals surface area contributed by atoms with Gasteiger partial charge in [0.1, 0.15) is 17.6 Å². The van der Waals surface area contributed by atoms with Crippen LogP contribution in [0.25, 0.3) is 0 Å². The van der Waals surface area contributed by atoms with E-state index in [1.54, 1.807) is 42.3 Å². The lowest BCUT2D eigenvalue weighted by Crippen LogP contribution is -2.32. The molecular formula is C23H22F3N3O2. The zero-order valence-corrected chi connectivity index (χ0v) is 17.1. The van der Waals surface area contributed by atoms with Crippen LogP contribution in [0.15, 0.2) is 60.9 Å². The number of halogens is 3. The van der Waals surface area contributed by atoms with E-state index in [4.69, 9.17) is 4.74 Å². The van der Waals surface area contributed by atoms with E-state index in [0.717, 1.165) is 11.6 Å². The van der Waals surface area contributed by atoms with Gasteiger partial charge in [-0.3, -0.25) is 4.79 Å². The highest BCUT2D eigenvalue weighted by Gasteiger charge is 2.48.